The fourth-order valence-corrected chi connectivity index (χ4v) is 3.42. The van der Waals surface area contributed by atoms with Crippen molar-refractivity contribution in [3.05, 3.63) is 35.4 Å². The summed E-state index contributed by atoms with van der Waals surface area (Å²) in [6, 6.07) is 6.14. The fraction of sp³-hybridized carbons (Fsp3) is 0.647. The van der Waals surface area contributed by atoms with Crippen molar-refractivity contribution < 1.29 is 13.9 Å². The lowest BCUT2D eigenvalue weighted by Crippen LogP contribution is -2.37. The van der Waals surface area contributed by atoms with Crippen molar-refractivity contribution in [3.8, 4) is 0 Å². The van der Waals surface area contributed by atoms with Crippen molar-refractivity contribution in [2.24, 2.45) is 11.1 Å². The van der Waals surface area contributed by atoms with E-state index in [2.05, 4.69) is 0 Å². The van der Waals surface area contributed by atoms with Crippen molar-refractivity contribution in [2.75, 3.05) is 6.54 Å². The summed E-state index contributed by atoms with van der Waals surface area (Å²) in [4.78, 5) is 0. The maximum absolute atomic E-state index is 12.8. The Labute approximate surface area is 125 Å². The Kier molecular flexibility index (Phi) is 5.71. The Hall–Kier alpha value is -1.00. The summed E-state index contributed by atoms with van der Waals surface area (Å²) in [6.07, 6.45) is 4.09. The van der Waals surface area contributed by atoms with Gasteiger partial charge in [0.15, 0.2) is 0 Å². The zero-order valence-electron chi connectivity index (χ0n) is 12.4. The highest BCUT2D eigenvalue weighted by atomic mass is 19.3. The van der Waals surface area contributed by atoms with Crippen LogP contribution in [0.5, 0.6) is 0 Å². The predicted octanol–water partition coefficient (Wildman–Crippen LogP) is 4.35. The smallest absolute Gasteiger partial charge is 0.263 e. The van der Waals surface area contributed by atoms with Gasteiger partial charge in [-0.1, -0.05) is 50.3 Å². The summed E-state index contributed by atoms with van der Waals surface area (Å²) in [5.41, 5.74) is 6.14. The normalized spacial score (nSPS) is 20.8. The zero-order valence-corrected chi connectivity index (χ0v) is 12.4. The van der Waals surface area contributed by atoms with E-state index in [1.54, 1.807) is 12.1 Å². The van der Waals surface area contributed by atoms with Gasteiger partial charge >= 0.3 is 0 Å². The molecule has 1 saturated carbocycles. The molecule has 0 heterocycles. The number of hydrogen-bond donors (Lipinski definition) is 2. The Bertz CT molecular complexity index is 442. The van der Waals surface area contributed by atoms with Crippen LogP contribution in [0.2, 0.25) is 0 Å². The second kappa shape index (κ2) is 7.32. The van der Waals surface area contributed by atoms with Crippen LogP contribution in [-0.4, -0.2) is 11.7 Å². The first-order valence-electron chi connectivity index (χ1n) is 7.85. The molecule has 2 nitrogen and oxygen atoms in total. The van der Waals surface area contributed by atoms with Crippen LogP contribution in [0.1, 0.15) is 68.6 Å². The highest BCUT2D eigenvalue weighted by molar-refractivity contribution is 5.27. The third-order valence-electron chi connectivity index (χ3n) is 4.81. The first kappa shape index (κ1) is 16.4. The minimum absolute atomic E-state index is 0.0374. The van der Waals surface area contributed by atoms with E-state index < -0.39 is 12.5 Å². The molecule has 21 heavy (non-hydrogen) atoms. The number of alkyl halides is 2. The van der Waals surface area contributed by atoms with Crippen LogP contribution in [0.4, 0.5) is 8.78 Å². The van der Waals surface area contributed by atoms with E-state index in [1.165, 1.54) is 18.6 Å². The summed E-state index contributed by atoms with van der Waals surface area (Å²) in [6.45, 7) is 0.396. The topological polar surface area (TPSA) is 46.2 Å². The molecule has 2 rings (SSSR count). The molecule has 1 aliphatic rings. The van der Waals surface area contributed by atoms with E-state index in [-0.39, 0.29) is 11.0 Å². The maximum atomic E-state index is 12.8. The SMILES string of the molecule is NCC1(C(O)c2cccc(C(F)F)c2)CCCCCCC1. The van der Waals surface area contributed by atoms with Crippen LogP contribution in [0.15, 0.2) is 24.3 Å². The average molecular weight is 297 g/mol. The molecule has 0 aliphatic heterocycles. The van der Waals surface area contributed by atoms with Gasteiger partial charge in [0.05, 0.1) is 6.10 Å². The molecular formula is C17H25F2NO. The number of nitrogens with two attached hydrogens (primary N) is 1. The Balaban J connectivity index is 2.25. The number of aliphatic hydroxyl groups excluding tert-OH is 1. The molecule has 1 aliphatic carbocycles. The van der Waals surface area contributed by atoms with Crippen molar-refractivity contribution in [2.45, 2.75) is 57.5 Å². The summed E-state index contributed by atoms with van der Waals surface area (Å²) in [5.74, 6) is 0. The van der Waals surface area contributed by atoms with Gasteiger partial charge in [0, 0.05) is 17.5 Å². The lowest BCUT2D eigenvalue weighted by atomic mass is 9.70. The first-order valence-corrected chi connectivity index (χ1v) is 7.85. The van der Waals surface area contributed by atoms with E-state index in [0.717, 1.165) is 38.5 Å². The van der Waals surface area contributed by atoms with Gasteiger partial charge in [-0.05, 0) is 24.5 Å². The Morgan fingerprint density at radius 2 is 1.62 bits per heavy atom. The Morgan fingerprint density at radius 1 is 1.05 bits per heavy atom. The fourth-order valence-electron chi connectivity index (χ4n) is 3.42. The molecule has 1 aromatic carbocycles. The molecule has 0 saturated heterocycles. The van der Waals surface area contributed by atoms with Crippen LogP contribution >= 0.6 is 0 Å². The molecule has 3 N–H and O–H groups in total. The van der Waals surface area contributed by atoms with Gasteiger partial charge in [-0.15, -0.1) is 0 Å². The molecule has 0 amide bonds. The van der Waals surface area contributed by atoms with E-state index in [0.29, 0.717) is 12.1 Å². The second-order valence-electron chi connectivity index (χ2n) is 6.21. The lowest BCUT2D eigenvalue weighted by Gasteiger charge is -2.39. The summed E-state index contributed by atoms with van der Waals surface area (Å²) in [5, 5.41) is 10.8. The van der Waals surface area contributed by atoms with E-state index in [4.69, 9.17) is 5.73 Å². The number of rotatable bonds is 4. The summed E-state index contributed by atoms with van der Waals surface area (Å²) < 4.78 is 25.7. The highest BCUT2D eigenvalue weighted by Crippen LogP contribution is 2.44. The molecule has 1 aromatic rings. The average Bonchev–Trinajstić information content (AvgIpc) is 2.47. The third-order valence-corrected chi connectivity index (χ3v) is 4.81. The van der Waals surface area contributed by atoms with Gasteiger partial charge in [0.1, 0.15) is 0 Å². The van der Waals surface area contributed by atoms with Gasteiger partial charge in [0.2, 0.25) is 0 Å². The highest BCUT2D eigenvalue weighted by Gasteiger charge is 2.37. The summed E-state index contributed by atoms with van der Waals surface area (Å²) in [7, 11) is 0. The molecule has 1 fully saturated rings. The van der Waals surface area contributed by atoms with Crippen molar-refractivity contribution in [1.82, 2.24) is 0 Å². The van der Waals surface area contributed by atoms with Crippen LogP contribution in [0.3, 0.4) is 0 Å². The van der Waals surface area contributed by atoms with E-state index in [1.807, 2.05) is 0 Å². The molecule has 0 spiro atoms. The summed E-state index contributed by atoms with van der Waals surface area (Å²) >= 11 is 0. The molecular weight excluding hydrogens is 272 g/mol. The predicted molar refractivity (Wildman–Crippen MR) is 80.2 cm³/mol. The minimum atomic E-state index is -2.51. The number of aliphatic hydroxyl groups is 1. The van der Waals surface area contributed by atoms with Crippen LogP contribution in [0.25, 0.3) is 0 Å². The third kappa shape index (κ3) is 3.80. The Morgan fingerprint density at radius 3 is 2.19 bits per heavy atom. The van der Waals surface area contributed by atoms with Crippen molar-refractivity contribution >= 4 is 0 Å². The van der Waals surface area contributed by atoms with Gasteiger partial charge in [-0.25, -0.2) is 8.78 Å². The monoisotopic (exact) mass is 297 g/mol. The largest absolute Gasteiger partial charge is 0.388 e. The first-order chi connectivity index (χ1) is 10.1. The quantitative estimate of drug-likeness (QED) is 0.868. The number of halogens is 2. The minimum Gasteiger partial charge on any atom is -0.388 e. The zero-order chi connectivity index (χ0) is 15.3. The van der Waals surface area contributed by atoms with Gasteiger partial charge in [-0.2, -0.15) is 0 Å². The standard InChI is InChI=1S/C17H25F2NO/c18-16(19)14-8-6-7-13(11-14)15(21)17(12-20)9-4-2-1-3-5-10-17/h6-8,11,15-16,21H,1-5,9-10,12,20H2. The van der Waals surface area contributed by atoms with E-state index >= 15 is 0 Å². The molecule has 0 bridgehead atoms. The van der Waals surface area contributed by atoms with Gasteiger partial charge in [0.25, 0.3) is 6.43 Å². The van der Waals surface area contributed by atoms with Gasteiger partial charge < -0.3 is 10.8 Å². The van der Waals surface area contributed by atoms with Crippen molar-refractivity contribution in [1.29, 1.82) is 0 Å². The number of benzene rings is 1. The van der Waals surface area contributed by atoms with Gasteiger partial charge in [-0.3, -0.25) is 0 Å². The molecule has 118 valence electrons. The molecule has 0 radical (unpaired) electrons. The molecule has 4 heteroatoms. The van der Waals surface area contributed by atoms with E-state index in [9.17, 15) is 13.9 Å². The maximum Gasteiger partial charge on any atom is 0.263 e. The second-order valence-corrected chi connectivity index (χ2v) is 6.21. The molecule has 1 atom stereocenters. The van der Waals surface area contributed by atoms with Crippen molar-refractivity contribution in [3.63, 3.8) is 0 Å². The molecule has 1 unspecified atom stereocenters. The van der Waals surface area contributed by atoms with Crippen LogP contribution in [0, 0.1) is 5.41 Å². The van der Waals surface area contributed by atoms with Crippen LogP contribution in [-0.2, 0) is 0 Å². The molecule has 0 aromatic heterocycles. The van der Waals surface area contributed by atoms with Crippen LogP contribution < -0.4 is 5.73 Å². The number of hydrogen-bond acceptors (Lipinski definition) is 2. The lowest BCUT2D eigenvalue weighted by molar-refractivity contribution is 0.00827.